The highest BCUT2D eigenvalue weighted by Gasteiger charge is 2.28. The molecule has 1 N–H and O–H groups in total. The van der Waals surface area contributed by atoms with E-state index in [4.69, 9.17) is 4.52 Å². The van der Waals surface area contributed by atoms with E-state index in [0.29, 0.717) is 24.4 Å². The van der Waals surface area contributed by atoms with Crippen molar-refractivity contribution in [1.29, 1.82) is 0 Å². The zero-order chi connectivity index (χ0) is 15.5. The Morgan fingerprint density at radius 1 is 1.55 bits per heavy atom. The molecule has 0 radical (unpaired) electrons. The fraction of sp³-hybridized carbons (Fsp3) is 0.600. The van der Waals surface area contributed by atoms with Gasteiger partial charge >= 0.3 is 0 Å². The van der Waals surface area contributed by atoms with Crippen molar-refractivity contribution in [3.8, 4) is 0 Å². The normalized spacial score (nSPS) is 20.4. The van der Waals surface area contributed by atoms with Crippen molar-refractivity contribution in [2.75, 3.05) is 25.5 Å². The minimum Gasteiger partial charge on any atom is -0.388 e. The molecule has 1 fully saturated rings. The molecule has 7 heteroatoms. The van der Waals surface area contributed by atoms with Crippen LogP contribution in [0.2, 0.25) is 0 Å². The van der Waals surface area contributed by atoms with E-state index in [9.17, 15) is 5.11 Å². The van der Waals surface area contributed by atoms with Gasteiger partial charge < -0.3 is 14.5 Å². The molecule has 2 aromatic rings. The second-order valence-corrected chi connectivity index (χ2v) is 6.90. The van der Waals surface area contributed by atoms with Crippen LogP contribution in [0.3, 0.4) is 0 Å². The van der Waals surface area contributed by atoms with Gasteiger partial charge in [-0.2, -0.15) is 4.98 Å². The van der Waals surface area contributed by atoms with Gasteiger partial charge in [-0.25, -0.2) is 0 Å². The summed E-state index contributed by atoms with van der Waals surface area (Å²) in [6, 6.07) is 4.35. The number of aliphatic hydroxyl groups is 1. The van der Waals surface area contributed by atoms with Crippen molar-refractivity contribution in [2.24, 2.45) is 0 Å². The molecule has 0 unspecified atom stereocenters. The van der Waals surface area contributed by atoms with Crippen LogP contribution in [0.1, 0.15) is 36.1 Å². The Balaban J connectivity index is 1.60. The average Bonchev–Trinajstić information content (AvgIpc) is 3.20. The van der Waals surface area contributed by atoms with E-state index in [1.54, 1.807) is 11.3 Å². The van der Waals surface area contributed by atoms with Crippen LogP contribution in [0.5, 0.6) is 0 Å². The van der Waals surface area contributed by atoms with Gasteiger partial charge in [0.25, 0.3) is 5.95 Å². The van der Waals surface area contributed by atoms with Crippen LogP contribution in [0, 0.1) is 0 Å². The Bertz CT molecular complexity index is 584. The van der Waals surface area contributed by atoms with Crippen LogP contribution < -0.4 is 4.90 Å². The summed E-state index contributed by atoms with van der Waals surface area (Å²) < 4.78 is 5.31. The van der Waals surface area contributed by atoms with Crippen LogP contribution in [0.15, 0.2) is 22.0 Å². The third-order valence-electron chi connectivity index (χ3n) is 4.06. The summed E-state index contributed by atoms with van der Waals surface area (Å²) in [5, 5.41) is 16.3. The SMILES string of the molecule is CN(C)c1noc(CN2CCC[C@@H]2C[C@H](O)c2cccs2)n1. The first kappa shape index (κ1) is 15.5. The maximum absolute atomic E-state index is 10.4. The van der Waals surface area contributed by atoms with Gasteiger partial charge in [-0.1, -0.05) is 6.07 Å². The first-order valence-electron chi connectivity index (χ1n) is 7.59. The minimum atomic E-state index is -0.384. The average molecular weight is 322 g/mol. The molecule has 0 amide bonds. The van der Waals surface area contributed by atoms with Crippen LogP contribution in [0.4, 0.5) is 5.95 Å². The summed E-state index contributed by atoms with van der Waals surface area (Å²) >= 11 is 1.61. The van der Waals surface area contributed by atoms with Gasteiger partial charge in [-0.05, 0) is 42.4 Å². The zero-order valence-corrected chi connectivity index (χ0v) is 13.8. The Hall–Kier alpha value is -1.44. The third kappa shape index (κ3) is 3.48. The summed E-state index contributed by atoms with van der Waals surface area (Å²) in [6.45, 7) is 1.67. The van der Waals surface area contributed by atoms with Crippen LogP contribution >= 0.6 is 11.3 Å². The number of hydrogen-bond donors (Lipinski definition) is 1. The zero-order valence-electron chi connectivity index (χ0n) is 13.0. The maximum Gasteiger partial charge on any atom is 0.265 e. The van der Waals surface area contributed by atoms with Crippen molar-refractivity contribution in [2.45, 2.75) is 38.0 Å². The molecule has 6 nitrogen and oxygen atoms in total. The molecule has 3 heterocycles. The first-order valence-corrected chi connectivity index (χ1v) is 8.47. The predicted molar refractivity (Wildman–Crippen MR) is 86.0 cm³/mol. The second kappa shape index (κ2) is 6.76. The summed E-state index contributed by atoms with van der Waals surface area (Å²) in [4.78, 5) is 9.59. The molecule has 3 rings (SSSR count). The largest absolute Gasteiger partial charge is 0.388 e. The van der Waals surface area contributed by atoms with E-state index in [1.165, 1.54) is 0 Å². The number of anilines is 1. The highest BCUT2D eigenvalue weighted by molar-refractivity contribution is 7.10. The molecule has 22 heavy (non-hydrogen) atoms. The van der Waals surface area contributed by atoms with Crippen molar-refractivity contribution in [3.05, 3.63) is 28.3 Å². The van der Waals surface area contributed by atoms with Crippen molar-refractivity contribution in [1.82, 2.24) is 15.0 Å². The number of likely N-dealkylation sites (tertiary alicyclic amines) is 1. The fourth-order valence-electron chi connectivity index (χ4n) is 2.89. The van der Waals surface area contributed by atoms with Gasteiger partial charge in [0.2, 0.25) is 5.89 Å². The second-order valence-electron chi connectivity index (χ2n) is 5.92. The molecule has 0 aromatic carbocycles. The lowest BCUT2D eigenvalue weighted by atomic mass is 10.1. The molecule has 0 bridgehead atoms. The molecule has 2 aromatic heterocycles. The standard InChI is InChI=1S/C15H22N4O2S/c1-18(2)15-16-14(21-17-15)10-19-7-3-5-11(19)9-12(20)13-6-4-8-22-13/h4,6,8,11-12,20H,3,5,7,9-10H2,1-2H3/t11-,12+/m1/s1. The van der Waals surface area contributed by atoms with E-state index in [0.717, 1.165) is 30.7 Å². The molecule has 120 valence electrons. The summed E-state index contributed by atoms with van der Waals surface area (Å²) in [6.07, 6.45) is 2.63. The van der Waals surface area contributed by atoms with Crippen molar-refractivity contribution < 1.29 is 9.63 Å². The highest BCUT2D eigenvalue weighted by Crippen LogP contribution is 2.30. The van der Waals surface area contributed by atoms with Gasteiger partial charge in [-0.15, -0.1) is 11.3 Å². The molecule has 1 saturated heterocycles. The van der Waals surface area contributed by atoms with Gasteiger partial charge in [-0.3, -0.25) is 4.90 Å². The maximum atomic E-state index is 10.4. The van der Waals surface area contributed by atoms with Crippen molar-refractivity contribution in [3.63, 3.8) is 0 Å². The monoisotopic (exact) mass is 322 g/mol. The lowest BCUT2D eigenvalue weighted by Gasteiger charge is -2.24. The first-order chi connectivity index (χ1) is 10.6. The van der Waals surface area contributed by atoms with E-state index in [1.807, 2.05) is 36.5 Å². The van der Waals surface area contributed by atoms with E-state index < -0.39 is 0 Å². The number of aromatic nitrogens is 2. The molecule has 0 saturated carbocycles. The topological polar surface area (TPSA) is 65.6 Å². The molecule has 1 aliphatic heterocycles. The van der Waals surface area contributed by atoms with Crippen LogP contribution in [-0.4, -0.2) is 46.8 Å². The number of rotatable bonds is 6. The fourth-order valence-corrected chi connectivity index (χ4v) is 3.62. The molecular formula is C15H22N4O2S. The number of aliphatic hydroxyl groups excluding tert-OH is 1. The van der Waals surface area contributed by atoms with Crippen molar-refractivity contribution >= 4 is 17.3 Å². The number of thiophene rings is 1. The van der Waals surface area contributed by atoms with Gasteiger partial charge in [0.15, 0.2) is 0 Å². The molecule has 0 aliphatic carbocycles. The number of hydrogen-bond acceptors (Lipinski definition) is 7. The molecular weight excluding hydrogens is 300 g/mol. The Morgan fingerprint density at radius 3 is 3.09 bits per heavy atom. The lowest BCUT2D eigenvalue weighted by Crippen LogP contribution is -2.30. The Labute approximate surface area is 134 Å². The lowest BCUT2D eigenvalue weighted by molar-refractivity contribution is 0.115. The molecule has 1 aliphatic rings. The van der Waals surface area contributed by atoms with Gasteiger partial charge in [0.1, 0.15) is 0 Å². The summed E-state index contributed by atoms with van der Waals surface area (Å²) in [5.74, 6) is 1.24. The highest BCUT2D eigenvalue weighted by atomic mass is 32.1. The summed E-state index contributed by atoms with van der Waals surface area (Å²) in [5.41, 5.74) is 0. The van der Waals surface area contributed by atoms with Gasteiger partial charge in [0.05, 0.1) is 12.6 Å². The van der Waals surface area contributed by atoms with Gasteiger partial charge in [0, 0.05) is 25.0 Å². The Morgan fingerprint density at radius 2 is 2.41 bits per heavy atom. The Kier molecular flexibility index (Phi) is 4.75. The van der Waals surface area contributed by atoms with E-state index >= 15 is 0 Å². The van der Waals surface area contributed by atoms with Crippen LogP contribution in [-0.2, 0) is 6.54 Å². The predicted octanol–water partition coefficient (Wildman–Crippen LogP) is 2.29. The third-order valence-corrected chi connectivity index (χ3v) is 5.04. The van der Waals surface area contributed by atoms with E-state index in [-0.39, 0.29) is 6.10 Å². The smallest absolute Gasteiger partial charge is 0.265 e. The quantitative estimate of drug-likeness (QED) is 0.880. The van der Waals surface area contributed by atoms with Crippen LogP contribution in [0.25, 0.3) is 0 Å². The minimum absolute atomic E-state index is 0.367. The number of nitrogens with zero attached hydrogens (tertiary/aromatic N) is 4. The summed E-state index contributed by atoms with van der Waals surface area (Å²) in [7, 11) is 3.79. The molecule has 2 atom stereocenters. The molecule has 0 spiro atoms. The van der Waals surface area contributed by atoms with E-state index in [2.05, 4.69) is 15.0 Å².